The van der Waals surface area contributed by atoms with Crippen molar-refractivity contribution in [1.82, 2.24) is 15.3 Å². The minimum absolute atomic E-state index is 0.0130. The number of ether oxygens (including phenoxy) is 1. The molecule has 1 atom stereocenters. The monoisotopic (exact) mass is 369 g/mol. The SMILES string of the molecule is Cc1cc(C(=O)NC[C@@H](O)COc2cccc(Cl)c2Cl)nc(C)n1. The summed E-state index contributed by atoms with van der Waals surface area (Å²) in [6.45, 7) is 3.46. The topological polar surface area (TPSA) is 84.3 Å². The molecule has 6 nitrogen and oxygen atoms in total. The molecule has 0 bridgehead atoms. The standard InChI is InChI=1S/C16H17Cl2N3O3/c1-9-6-13(21-10(2)20-9)16(23)19-7-11(22)8-24-14-5-3-4-12(17)15(14)18/h3-6,11,22H,7-8H2,1-2H3,(H,19,23)/t11-/m1/s1. The van der Waals surface area contributed by atoms with Gasteiger partial charge >= 0.3 is 0 Å². The lowest BCUT2D eigenvalue weighted by Gasteiger charge is -2.14. The van der Waals surface area contributed by atoms with Crippen LogP contribution in [0.1, 0.15) is 22.0 Å². The largest absolute Gasteiger partial charge is 0.489 e. The third-order valence-corrected chi connectivity index (χ3v) is 3.85. The number of carbonyl (C=O) groups is 1. The zero-order valence-electron chi connectivity index (χ0n) is 13.2. The van der Waals surface area contributed by atoms with Crippen molar-refractivity contribution in [1.29, 1.82) is 0 Å². The lowest BCUT2D eigenvalue weighted by molar-refractivity contribution is 0.0839. The Hall–Kier alpha value is -1.89. The molecule has 24 heavy (non-hydrogen) atoms. The second kappa shape index (κ2) is 8.28. The molecule has 1 amide bonds. The van der Waals surface area contributed by atoms with Gasteiger partial charge in [0.1, 0.15) is 35.0 Å². The molecule has 0 radical (unpaired) electrons. The quantitative estimate of drug-likeness (QED) is 0.817. The average Bonchev–Trinajstić information content (AvgIpc) is 2.53. The van der Waals surface area contributed by atoms with Gasteiger partial charge in [-0.25, -0.2) is 9.97 Å². The summed E-state index contributed by atoms with van der Waals surface area (Å²) in [7, 11) is 0. The smallest absolute Gasteiger partial charge is 0.270 e. The van der Waals surface area contributed by atoms with E-state index in [0.717, 1.165) is 0 Å². The van der Waals surface area contributed by atoms with E-state index in [0.29, 0.717) is 22.3 Å². The zero-order chi connectivity index (χ0) is 17.7. The number of benzene rings is 1. The van der Waals surface area contributed by atoms with Crippen LogP contribution < -0.4 is 10.1 Å². The number of amides is 1. The number of hydrogen-bond acceptors (Lipinski definition) is 5. The Kier molecular flexibility index (Phi) is 6.36. The van der Waals surface area contributed by atoms with E-state index >= 15 is 0 Å². The number of nitrogens with zero attached hydrogens (tertiary/aromatic N) is 2. The first-order chi connectivity index (χ1) is 11.4. The van der Waals surface area contributed by atoms with Crippen LogP contribution in [0.4, 0.5) is 0 Å². The minimum Gasteiger partial charge on any atom is -0.489 e. The number of aryl methyl sites for hydroxylation is 2. The van der Waals surface area contributed by atoms with Crippen molar-refractivity contribution in [2.45, 2.75) is 20.0 Å². The highest BCUT2D eigenvalue weighted by Crippen LogP contribution is 2.31. The molecule has 128 valence electrons. The molecule has 1 aromatic heterocycles. The highest BCUT2D eigenvalue weighted by atomic mass is 35.5. The summed E-state index contributed by atoms with van der Waals surface area (Å²) < 4.78 is 5.41. The van der Waals surface area contributed by atoms with Gasteiger partial charge in [0, 0.05) is 12.2 Å². The number of halogens is 2. The summed E-state index contributed by atoms with van der Waals surface area (Å²) in [6, 6.07) is 6.56. The third-order valence-electron chi connectivity index (χ3n) is 3.04. The fourth-order valence-corrected chi connectivity index (χ4v) is 2.32. The van der Waals surface area contributed by atoms with Gasteiger partial charge in [-0.2, -0.15) is 0 Å². The highest BCUT2D eigenvalue weighted by Gasteiger charge is 2.13. The maximum absolute atomic E-state index is 12.0. The normalized spacial score (nSPS) is 11.9. The molecule has 0 aliphatic rings. The predicted octanol–water partition coefficient (Wildman–Crippen LogP) is 2.57. The fraction of sp³-hybridized carbons (Fsp3) is 0.312. The molecule has 1 aromatic carbocycles. The lowest BCUT2D eigenvalue weighted by Crippen LogP contribution is -2.35. The van der Waals surface area contributed by atoms with Gasteiger partial charge in [-0.3, -0.25) is 4.79 Å². The molecular formula is C16H17Cl2N3O3. The van der Waals surface area contributed by atoms with Crippen LogP contribution in [0.2, 0.25) is 10.0 Å². The number of aliphatic hydroxyl groups excluding tert-OH is 1. The Morgan fingerprint density at radius 2 is 2.08 bits per heavy atom. The average molecular weight is 370 g/mol. The highest BCUT2D eigenvalue weighted by molar-refractivity contribution is 6.42. The van der Waals surface area contributed by atoms with Gasteiger partial charge in [0.2, 0.25) is 0 Å². The van der Waals surface area contributed by atoms with Crippen molar-refractivity contribution in [3.63, 3.8) is 0 Å². The number of hydrogen-bond donors (Lipinski definition) is 2. The predicted molar refractivity (Wildman–Crippen MR) is 91.8 cm³/mol. The second-order valence-corrected chi connectivity index (χ2v) is 5.95. The molecule has 0 unspecified atom stereocenters. The maximum Gasteiger partial charge on any atom is 0.270 e. The van der Waals surface area contributed by atoms with E-state index < -0.39 is 6.10 Å². The maximum atomic E-state index is 12.0. The van der Waals surface area contributed by atoms with Gasteiger partial charge < -0.3 is 15.2 Å². The fourth-order valence-electron chi connectivity index (χ4n) is 1.97. The Bertz CT molecular complexity index is 720. The Morgan fingerprint density at radius 1 is 1.33 bits per heavy atom. The lowest BCUT2D eigenvalue weighted by atomic mass is 10.3. The number of rotatable bonds is 6. The van der Waals surface area contributed by atoms with E-state index in [1.165, 1.54) is 0 Å². The summed E-state index contributed by atoms with van der Waals surface area (Å²) in [5.41, 5.74) is 0.957. The molecule has 0 aliphatic heterocycles. The first-order valence-electron chi connectivity index (χ1n) is 7.22. The van der Waals surface area contributed by atoms with Crippen LogP contribution in [-0.4, -0.2) is 40.2 Å². The summed E-state index contributed by atoms with van der Waals surface area (Å²) in [4.78, 5) is 20.2. The van der Waals surface area contributed by atoms with Crippen molar-refractivity contribution in [3.05, 3.63) is 51.5 Å². The molecule has 2 rings (SSSR count). The second-order valence-electron chi connectivity index (χ2n) is 5.17. The van der Waals surface area contributed by atoms with Crippen LogP contribution in [-0.2, 0) is 0 Å². The molecule has 0 saturated carbocycles. The Balaban J connectivity index is 1.85. The molecular weight excluding hydrogens is 353 g/mol. The van der Waals surface area contributed by atoms with E-state index in [1.54, 1.807) is 38.1 Å². The summed E-state index contributed by atoms with van der Waals surface area (Å²) in [6.07, 6.45) is -0.909. The van der Waals surface area contributed by atoms with Crippen LogP contribution in [0, 0.1) is 13.8 Å². The molecule has 1 heterocycles. The van der Waals surface area contributed by atoms with Gasteiger partial charge in [-0.1, -0.05) is 29.3 Å². The van der Waals surface area contributed by atoms with Crippen LogP contribution in [0.15, 0.2) is 24.3 Å². The molecule has 0 fully saturated rings. The van der Waals surface area contributed by atoms with Crippen LogP contribution >= 0.6 is 23.2 Å². The van der Waals surface area contributed by atoms with E-state index in [9.17, 15) is 9.90 Å². The number of aliphatic hydroxyl groups is 1. The minimum atomic E-state index is -0.909. The van der Waals surface area contributed by atoms with Gasteiger partial charge in [-0.15, -0.1) is 0 Å². The van der Waals surface area contributed by atoms with Gasteiger partial charge in [0.25, 0.3) is 5.91 Å². The van der Waals surface area contributed by atoms with E-state index in [-0.39, 0.29) is 29.8 Å². The zero-order valence-corrected chi connectivity index (χ0v) is 14.7. The molecule has 2 aromatic rings. The molecule has 0 saturated heterocycles. The summed E-state index contributed by atoms with van der Waals surface area (Å²) >= 11 is 11.9. The molecule has 0 spiro atoms. The van der Waals surface area contributed by atoms with Crippen LogP contribution in [0.25, 0.3) is 0 Å². The van der Waals surface area contributed by atoms with E-state index in [2.05, 4.69) is 15.3 Å². The van der Waals surface area contributed by atoms with Crippen LogP contribution in [0.5, 0.6) is 5.75 Å². The van der Waals surface area contributed by atoms with E-state index in [4.69, 9.17) is 27.9 Å². The van der Waals surface area contributed by atoms with E-state index in [1.807, 2.05) is 0 Å². The van der Waals surface area contributed by atoms with Crippen molar-refractivity contribution in [2.24, 2.45) is 0 Å². The summed E-state index contributed by atoms with van der Waals surface area (Å²) in [5, 5.41) is 13.2. The molecule has 0 aliphatic carbocycles. The first-order valence-corrected chi connectivity index (χ1v) is 7.97. The number of nitrogens with one attached hydrogen (secondary N) is 1. The molecule has 2 N–H and O–H groups in total. The van der Waals surface area contributed by atoms with Gasteiger partial charge in [0.15, 0.2) is 0 Å². The van der Waals surface area contributed by atoms with Gasteiger partial charge in [-0.05, 0) is 32.0 Å². The van der Waals surface area contributed by atoms with Crippen molar-refractivity contribution >= 4 is 29.1 Å². The van der Waals surface area contributed by atoms with Crippen molar-refractivity contribution in [2.75, 3.05) is 13.2 Å². The summed E-state index contributed by atoms with van der Waals surface area (Å²) in [5.74, 6) is 0.500. The number of aromatic nitrogens is 2. The number of carbonyl (C=O) groups excluding carboxylic acids is 1. The molecule has 8 heteroatoms. The van der Waals surface area contributed by atoms with Gasteiger partial charge in [0.05, 0.1) is 5.02 Å². The van der Waals surface area contributed by atoms with Crippen molar-refractivity contribution < 1.29 is 14.6 Å². The van der Waals surface area contributed by atoms with Crippen molar-refractivity contribution in [3.8, 4) is 5.75 Å². The first kappa shape index (κ1) is 18.4. The third kappa shape index (κ3) is 5.06. The Morgan fingerprint density at radius 3 is 2.79 bits per heavy atom. The van der Waals surface area contributed by atoms with Crippen LogP contribution in [0.3, 0.4) is 0 Å². The Labute approximate surface area is 149 Å².